The molecule has 3 N–H and O–H groups in total. The normalized spacial score (nSPS) is 10.4. The molecule has 1 heterocycles. The zero-order chi connectivity index (χ0) is 15.2. The summed E-state index contributed by atoms with van der Waals surface area (Å²) in [5, 5.41) is 3.24. The van der Waals surface area contributed by atoms with Crippen molar-refractivity contribution in [3.8, 4) is 5.75 Å². The molecule has 0 unspecified atom stereocenters. The maximum absolute atomic E-state index is 12.1. The van der Waals surface area contributed by atoms with Gasteiger partial charge >= 0.3 is 0 Å². The molecule has 1 aromatic heterocycles. The van der Waals surface area contributed by atoms with Crippen molar-refractivity contribution in [1.82, 2.24) is 0 Å². The second-order valence-electron chi connectivity index (χ2n) is 4.41. The van der Waals surface area contributed by atoms with Gasteiger partial charge < -0.3 is 20.2 Å². The number of anilines is 1. The Morgan fingerprint density at radius 2 is 2.19 bits per heavy atom. The highest BCUT2D eigenvalue weighted by Gasteiger charge is 2.14. The van der Waals surface area contributed by atoms with E-state index in [4.69, 9.17) is 26.5 Å². The Bertz CT molecular complexity index is 625. The molecule has 0 bridgehead atoms. The lowest BCUT2D eigenvalue weighted by molar-refractivity contribution is 0.0994. The Morgan fingerprint density at radius 3 is 2.86 bits per heavy atom. The van der Waals surface area contributed by atoms with Crippen molar-refractivity contribution in [2.75, 3.05) is 11.9 Å². The van der Waals surface area contributed by atoms with Gasteiger partial charge in [-0.05, 0) is 36.8 Å². The number of furan rings is 1. The fourth-order valence-corrected chi connectivity index (χ4v) is 1.90. The van der Waals surface area contributed by atoms with Gasteiger partial charge in [0, 0.05) is 5.02 Å². The number of carbonyl (C=O) groups excluding carboxylic acids is 1. The number of benzene rings is 1. The SMILES string of the molecule is CCCOc1ccc(Cl)cc1NC(=O)c1ccc(CN)o1. The molecule has 0 radical (unpaired) electrons. The molecule has 0 saturated carbocycles. The summed E-state index contributed by atoms with van der Waals surface area (Å²) >= 11 is 5.96. The number of nitrogens with one attached hydrogen (secondary N) is 1. The lowest BCUT2D eigenvalue weighted by Crippen LogP contribution is -2.12. The Kier molecular flexibility index (Phi) is 5.25. The molecule has 0 spiro atoms. The first-order chi connectivity index (χ1) is 10.1. The lowest BCUT2D eigenvalue weighted by atomic mass is 10.2. The van der Waals surface area contributed by atoms with Crippen molar-refractivity contribution in [2.24, 2.45) is 5.73 Å². The number of hydrogen-bond donors (Lipinski definition) is 2. The van der Waals surface area contributed by atoms with E-state index in [1.165, 1.54) is 0 Å². The van der Waals surface area contributed by atoms with Crippen LogP contribution in [-0.2, 0) is 6.54 Å². The van der Waals surface area contributed by atoms with Gasteiger partial charge in [0.1, 0.15) is 11.5 Å². The van der Waals surface area contributed by atoms with E-state index < -0.39 is 0 Å². The van der Waals surface area contributed by atoms with Gasteiger partial charge in [0.2, 0.25) is 0 Å². The van der Waals surface area contributed by atoms with Crippen LogP contribution in [0.15, 0.2) is 34.7 Å². The van der Waals surface area contributed by atoms with Gasteiger partial charge in [0.25, 0.3) is 5.91 Å². The minimum Gasteiger partial charge on any atom is -0.491 e. The van der Waals surface area contributed by atoms with Gasteiger partial charge in [-0.3, -0.25) is 4.79 Å². The van der Waals surface area contributed by atoms with Crippen LogP contribution in [0.4, 0.5) is 5.69 Å². The van der Waals surface area contributed by atoms with Crippen LogP contribution < -0.4 is 15.8 Å². The van der Waals surface area contributed by atoms with Crippen molar-refractivity contribution in [2.45, 2.75) is 19.9 Å². The zero-order valence-electron chi connectivity index (χ0n) is 11.7. The van der Waals surface area contributed by atoms with Crippen molar-refractivity contribution < 1.29 is 13.9 Å². The van der Waals surface area contributed by atoms with E-state index in [0.29, 0.717) is 28.8 Å². The number of hydrogen-bond acceptors (Lipinski definition) is 4. The van der Waals surface area contributed by atoms with Gasteiger partial charge in [-0.2, -0.15) is 0 Å². The maximum atomic E-state index is 12.1. The average molecular weight is 309 g/mol. The van der Waals surface area contributed by atoms with Crippen molar-refractivity contribution in [1.29, 1.82) is 0 Å². The average Bonchev–Trinajstić information content (AvgIpc) is 2.95. The summed E-state index contributed by atoms with van der Waals surface area (Å²) in [4.78, 5) is 12.1. The molecule has 0 aliphatic heterocycles. The summed E-state index contributed by atoms with van der Waals surface area (Å²) in [7, 11) is 0. The number of amides is 1. The van der Waals surface area contributed by atoms with Gasteiger partial charge in [0.05, 0.1) is 18.8 Å². The summed E-state index contributed by atoms with van der Waals surface area (Å²) in [5.41, 5.74) is 5.96. The van der Waals surface area contributed by atoms with Crippen LogP contribution in [0.5, 0.6) is 5.75 Å². The van der Waals surface area contributed by atoms with Crippen LogP contribution in [-0.4, -0.2) is 12.5 Å². The molecule has 0 atom stereocenters. The molecule has 21 heavy (non-hydrogen) atoms. The predicted octanol–water partition coefficient (Wildman–Crippen LogP) is 3.43. The fourth-order valence-electron chi connectivity index (χ4n) is 1.73. The van der Waals surface area contributed by atoms with Crippen LogP contribution in [0.2, 0.25) is 5.02 Å². The van der Waals surface area contributed by atoms with Crippen molar-refractivity contribution >= 4 is 23.2 Å². The number of carbonyl (C=O) groups is 1. The van der Waals surface area contributed by atoms with E-state index in [1.807, 2.05) is 6.92 Å². The van der Waals surface area contributed by atoms with Crippen LogP contribution in [0.3, 0.4) is 0 Å². The maximum Gasteiger partial charge on any atom is 0.291 e. The third-order valence-electron chi connectivity index (χ3n) is 2.74. The molecule has 2 aromatic rings. The van der Waals surface area contributed by atoms with E-state index in [1.54, 1.807) is 30.3 Å². The number of halogens is 1. The van der Waals surface area contributed by atoms with E-state index in [0.717, 1.165) is 6.42 Å². The molecule has 6 heteroatoms. The Morgan fingerprint density at radius 1 is 1.38 bits per heavy atom. The standard InChI is InChI=1S/C15H17ClN2O3/c1-2-7-20-13-5-3-10(16)8-12(13)18-15(19)14-6-4-11(9-17)21-14/h3-6,8H,2,7,9,17H2,1H3,(H,18,19). The predicted molar refractivity (Wildman–Crippen MR) is 81.8 cm³/mol. The minimum absolute atomic E-state index is 0.192. The highest BCUT2D eigenvalue weighted by atomic mass is 35.5. The number of rotatable bonds is 6. The number of ether oxygens (including phenoxy) is 1. The fraction of sp³-hybridized carbons (Fsp3) is 0.267. The largest absolute Gasteiger partial charge is 0.491 e. The van der Waals surface area contributed by atoms with E-state index in [9.17, 15) is 4.79 Å². The van der Waals surface area contributed by atoms with Gasteiger partial charge in [-0.1, -0.05) is 18.5 Å². The third kappa shape index (κ3) is 4.00. The van der Waals surface area contributed by atoms with E-state index >= 15 is 0 Å². The van der Waals surface area contributed by atoms with Crippen molar-refractivity contribution in [3.05, 3.63) is 46.9 Å². The van der Waals surface area contributed by atoms with Gasteiger partial charge in [0.15, 0.2) is 5.76 Å². The van der Waals surface area contributed by atoms with Gasteiger partial charge in [-0.15, -0.1) is 0 Å². The molecule has 0 fully saturated rings. The monoisotopic (exact) mass is 308 g/mol. The lowest BCUT2D eigenvalue weighted by Gasteiger charge is -2.11. The Labute approximate surface area is 128 Å². The second-order valence-corrected chi connectivity index (χ2v) is 4.85. The molecule has 0 aliphatic carbocycles. The molecule has 0 aliphatic rings. The first kappa shape index (κ1) is 15.4. The van der Waals surface area contributed by atoms with Crippen LogP contribution >= 0.6 is 11.6 Å². The summed E-state index contributed by atoms with van der Waals surface area (Å²) in [6, 6.07) is 8.32. The summed E-state index contributed by atoms with van der Waals surface area (Å²) < 4.78 is 10.9. The molecular formula is C15H17ClN2O3. The summed E-state index contributed by atoms with van der Waals surface area (Å²) in [6.45, 7) is 2.81. The van der Waals surface area contributed by atoms with Crippen LogP contribution in [0.1, 0.15) is 29.7 Å². The summed E-state index contributed by atoms with van der Waals surface area (Å²) in [6.07, 6.45) is 0.869. The third-order valence-corrected chi connectivity index (χ3v) is 2.97. The van der Waals surface area contributed by atoms with Crippen LogP contribution in [0, 0.1) is 0 Å². The van der Waals surface area contributed by atoms with Gasteiger partial charge in [-0.25, -0.2) is 0 Å². The Balaban J connectivity index is 2.17. The van der Waals surface area contributed by atoms with Crippen LogP contribution in [0.25, 0.3) is 0 Å². The minimum atomic E-state index is -0.377. The second kappa shape index (κ2) is 7.15. The molecular weight excluding hydrogens is 292 g/mol. The highest BCUT2D eigenvalue weighted by Crippen LogP contribution is 2.28. The van der Waals surface area contributed by atoms with Crippen molar-refractivity contribution in [3.63, 3.8) is 0 Å². The van der Waals surface area contributed by atoms with E-state index in [2.05, 4.69) is 5.32 Å². The first-order valence-electron chi connectivity index (χ1n) is 6.66. The quantitative estimate of drug-likeness (QED) is 0.857. The number of nitrogens with two attached hydrogens (primary N) is 1. The Hall–Kier alpha value is -1.98. The molecule has 2 rings (SSSR count). The smallest absolute Gasteiger partial charge is 0.291 e. The topological polar surface area (TPSA) is 77.5 Å². The molecule has 1 amide bonds. The first-order valence-corrected chi connectivity index (χ1v) is 7.04. The zero-order valence-corrected chi connectivity index (χ0v) is 12.4. The highest BCUT2D eigenvalue weighted by molar-refractivity contribution is 6.31. The molecule has 1 aromatic carbocycles. The molecule has 0 saturated heterocycles. The molecule has 112 valence electrons. The van der Waals surface area contributed by atoms with E-state index in [-0.39, 0.29) is 18.2 Å². The summed E-state index contributed by atoms with van der Waals surface area (Å²) in [5.74, 6) is 0.934. The molecule has 5 nitrogen and oxygen atoms in total.